The van der Waals surface area contributed by atoms with E-state index in [-0.39, 0.29) is 5.97 Å². The Morgan fingerprint density at radius 2 is 2.00 bits per heavy atom. The van der Waals surface area contributed by atoms with E-state index in [1.165, 1.54) is 0 Å². The summed E-state index contributed by atoms with van der Waals surface area (Å²) in [4.78, 5) is 10.9. The number of carbonyl (C=O) groups is 1. The standard InChI is InChI=1S/C10H21NO2/c1-5-13-10(12)6-7-11-9(4)8(2)3/h8-9,11H,5-7H2,1-4H3/t9-/m1/s1. The lowest BCUT2D eigenvalue weighted by atomic mass is 10.1. The molecule has 78 valence electrons. The van der Waals surface area contributed by atoms with Crippen molar-refractivity contribution in [3.05, 3.63) is 0 Å². The molecule has 0 aromatic rings. The van der Waals surface area contributed by atoms with Gasteiger partial charge in [-0.2, -0.15) is 0 Å². The largest absolute Gasteiger partial charge is 0.466 e. The Bertz CT molecular complexity index is 146. The van der Waals surface area contributed by atoms with Crippen LogP contribution in [0.2, 0.25) is 0 Å². The van der Waals surface area contributed by atoms with Crippen LogP contribution in [0.1, 0.15) is 34.1 Å². The molecule has 0 unspecified atom stereocenters. The van der Waals surface area contributed by atoms with Gasteiger partial charge in [0.2, 0.25) is 0 Å². The van der Waals surface area contributed by atoms with E-state index in [9.17, 15) is 4.79 Å². The smallest absolute Gasteiger partial charge is 0.307 e. The first-order chi connectivity index (χ1) is 6.07. The summed E-state index contributed by atoms with van der Waals surface area (Å²) >= 11 is 0. The highest BCUT2D eigenvalue weighted by Gasteiger charge is 2.07. The fourth-order valence-corrected chi connectivity index (χ4v) is 0.871. The summed E-state index contributed by atoms with van der Waals surface area (Å²) in [5, 5.41) is 3.27. The normalized spacial score (nSPS) is 13.0. The highest BCUT2D eigenvalue weighted by atomic mass is 16.5. The molecule has 0 spiro atoms. The first-order valence-electron chi connectivity index (χ1n) is 4.97. The number of hydrogen-bond acceptors (Lipinski definition) is 3. The molecule has 0 aromatic carbocycles. The summed E-state index contributed by atoms with van der Waals surface area (Å²) in [6.07, 6.45) is 0.463. The van der Waals surface area contributed by atoms with Crippen LogP contribution in [0.15, 0.2) is 0 Å². The summed E-state index contributed by atoms with van der Waals surface area (Å²) in [5.74, 6) is 0.480. The van der Waals surface area contributed by atoms with Gasteiger partial charge in [-0.05, 0) is 19.8 Å². The topological polar surface area (TPSA) is 38.3 Å². The zero-order valence-corrected chi connectivity index (χ0v) is 9.09. The van der Waals surface area contributed by atoms with Gasteiger partial charge in [0.25, 0.3) is 0 Å². The summed E-state index contributed by atoms with van der Waals surface area (Å²) < 4.78 is 4.81. The maximum atomic E-state index is 10.9. The number of nitrogens with one attached hydrogen (secondary N) is 1. The molecule has 0 aliphatic carbocycles. The predicted octanol–water partition coefficient (Wildman–Crippen LogP) is 1.57. The Hall–Kier alpha value is -0.570. The van der Waals surface area contributed by atoms with E-state index >= 15 is 0 Å². The maximum Gasteiger partial charge on any atom is 0.307 e. The van der Waals surface area contributed by atoms with Crippen molar-refractivity contribution in [2.45, 2.75) is 40.2 Å². The molecule has 0 aliphatic heterocycles. The lowest BCUT2D eigenvalue weighted by Gasteiger charge is -2.16. The highest BCUT2D eigenvalue weighted by Crippen LogP contribution is 1.99. The van der Waals surface area contributed by atoms with E-state index in [4.69, 9.17) is 4.74 Å². The van der Waals surface area contributed by atoms with E-state index in [1.807, 2.05) is 6.92 Å². The minimum Gasteiger partial charge on any atom is -0.466 e. The molecule has 0 fully saturated rings. The van der Waals surface area contributed by atoms with Crippen molar-refractivity contribution in [3.63, 3.8) is 0 Å². The molecule has 3 heteroatoms. The fraction of sp³-hybridized carbons (Fsp3) is 0.900. The number of carbonyl (C=O) groups excluding carboxylic acids is 1. The average Bonchev–Trinajstić information content (AvgIpc) is 2.04. The first kappa shape index (κ1) is 12.4. The van der Waals surface area contributed by atoms with Gasteiger partial charge in [0.15, 0.2) is 0 Å². The van der Waals surface area contributed by atoms with E-state index in [2.05, 4.69) is 26.1 Å². The van der Waals surface area contributed by atoms with Gasteiger partial charge in [-0.15, -0.1) is 0 Å². The predicted molar refractivity (Wildman–Crippen MR) is 53.6 cm³/mol. The Kier molecular flexibility index (Phi) is 6.59. The summed E-state index contributed by atoms with van der Waals surface area (Å²) in [6.45, 7) is 9.43. The summed E-state index contributed by atoms with van der Waals surface area (Å²) in [5.41, 5.74) is 0. The lowest BCUT2D eigenvalue weighted by molar-refractivity contribution is -0.143. The molecule has 0 amide bonds. The van der Waals surface area contributed by atoms with Crippen molar-refractivity contribution in [3.8, 4) is 0 Å². The quantitative estimate of drug-likeness (QED) is 0.641. The number of esters is 1. The summed E-state index contributed by atoms with van der Waals surface area (Å²) in [7, 11) is 0. The molecule has 1 atom stereocenters. The van der Waals surface area contributed by atoms with Crippen LogP contribution < -0.4 is 5.32 Å². The minimum atomic E-state index is -0.119. The molecule has 0 aromatic heterocycles. The molecule has 0 rings (SSSR count). The van der Waals surface area contributed by atoms with Crippen LogP contribution in [-0.4, -0.2) is 25.2 Å². The Balaban J connectivity index is 3.39. The van der Waals surface area contributed by atoms with E-state index < -0.39 is 0 Å². The molecular formula is C10H21NO2. The lowest BCUT2D eigenvalue weighted by Crippen LogP contribution is -2.32. The van der Waals surface area contributed by atoms with Crippen molar-refractivity contribution in [2.24, 2.45) is 5.92 Å². The zero-order chi connectivity index (χ0) is 10.3. The van der Waals surface area contributed by atoms with Crippen molar-refractivity contribution < 1.29 is 9.53 Å². The van der Waals surface area contributed by atoms with Gasteiger partial charge in [-0.1, -0.05) is 13.8 Å². The Labute approximate surface area is 80.8 Å². The average molecular weight is 187 g/mol. The Morgan fingerprint density at radius 3 is 2.46 bits per heavy atom. The van der Waals surface area contributed by atoms with E-state index in [1.54, 1.807) is 0 Å². The van der Waals surface area contributed by atoms with Crippen LogP contribution in [0, 0.1) is 5.92 Å². The van der Waals surface area contributed by atoms with Crippen molar-refractivity contribution in [1.29, 1.82) is 0 Å². The van der Waals surface area contributed by atoms with Gasteiger partial charge in [0, 0.05) is 12.6 Å². The molecular weight excluding hydrogens is 166 g/mol. The third kappa shape index (κ3) is 6.58. The maximum absolute atomic E-state index is 10.9. The number of hydrogen-bond donors (Lipinski definition) is 1. The second-order valence-electron chi connectivity index (χ2n) is 3.54. The van der Waals surface area contributed by atoms with Crippen LogP contribution in [-0.2, 0) is 9.53 Å². The SMILES string of the molecule is CCOC(=O)CCN[C@H](C)C(C)C. The highest BCUT2D eigenvalue weighted by molar-refractivity contribution is 5.69. The zero-order valence-electron chi connectivity index (χ0n) is 9.09. The van der Waals surface area contributed by atoms with Gasteiger partial charge in [-0.3, -0.25) is 4.79 Å². The Morgan fingerprint density at radius 1 is 1.38 bits per heavy atom. The molecule has 0 bridgehead atoms. The second kappa shape index (κ2) is 6.89. The molecule has 13 heavy (non-hydrogen) atoms. The second-order valence-corrected chi connectivity index (χ2v) is 3.54. The molecule has 1 N–H and O–H groups in total. The van der Waals surface area contributed by atoms with Gasteiger partial charge < -0.3 is 10.1 Å². The number of ether oxygens (including phenoxy) is 1. The molecule has 0 saturated carbocycles. The van der Waals surface area contributed by atoms with Gasteiger partial charge in [0.05, 0.1) is 13.0 Å². The van der Waals surface area contributed by atoms with E-state index in [0.29, 0.717) is 31.5 Å². The first-order valence-corrected chi connectivity index (χ1v) is 4.97. The van der Waals surface area contributed by atoms with Crippen LogP contribution in [0.3, 0.4) is 0 Å². The molecule has 0 aliphatic rings. The molecule has 0 heterocycles. The molecule has 0 saturated heterocycles. The van der Waals surface area contributed by atoms with Crippen LogP contribution in [0.4, 0.5) is 0 Å². The van der Waals surface area contributed by atoms with E-state index in [0.717, 1.165) is 0 Å². The summed E-state index contributed by atoms with van der Waals surface area (Å²) in [6, 6.07) is 0.453. The van der Waals surface area contributed by atoms with Crippen LogP contribution >= 0.6 is 0 Å². The fourth-order valence-electron chi connectivity index (χ4n) is 0.871. The van der Waals surface area contributed by atoms with Gasteiger partial charge in [-0.25, -0.2) is 0 Å². The van der Waals surface area contributed by atoms with Crippen LogP contribution in [0.5, 0.6) is 0 Å². The monoisotopic (exact) mass is 187 g/mol. The van der Waals surface area contributed by atoms with Crippen LogP contribution in [0.25, 0.3) is 0 Å². The van der Waals surface area contributed by atoms with Gasteiger partial charge in [0.1, 0.15) is 0 Å². The van der Waals surface area contributed by atoms with Crippen molar-refractivity contribution in [2.75, 3.05) is 13.2 Å². The molecule has 0 radical (unpaired) electrons. The minimum absolute atomic E-state index is 0.119. The molecule has 3 nitrogen and oxygen atoms in total. The van der Waals surface area contributed by atoms with Gasteiger partial charge >= 0.3 is 5.97 Å². The number of rotatable bonds is 6. The van der Waals surface area contributed by atoms with Crippen molar-refractivity contribution >= 4 is 5.97 Å². The third-order valence-electron chi connectivity index (χ3n) is 2.10. The third-order valence-corrected chi connectivity index (χ3v) is 2.10. The van der Waals surface area contributed by atoms with Crippen molar-refractivity contribution in [1.82, 2.24) is 5.32 Å².